The molecule has 2 saturated heterocycles. The number of hydrogen-bond acceptors (Lipinski definition) is 7. The van der Waals surface area contributed by atoms with Crippen molar-refractivity contribution in [2.45, 2.75) is 57.0 Å². The van der Waals surface area contributed by atoms with Crippen LogP contribution in [0.15, 0.2) is 35.5 Å². The van der Waals surface area contributed by atoms with Crippen LogP contribution in [-0.2, 0) is 25.8 Å². The Morgan fingerprint density at radius 2 is 1.84 bits per heavy atom. The van der Waals surface area contributed by atoms with E-state index in [1.165, 1.54) is 4.90 Å². The summed E-state index contributed by atoms with van der Waals surface area (Å²) < 4.78 is 5.64. The van der Waals surface area contributed by atoms with Crippen LogP contribution in [0.3, 0.4) is 0 Å². The minimum Gasteiger partial charge on any atom is -0.391 e. The van der Waals surface area contributed by atoms with Gasteiger partial charge in [-0.05, 0) is 31.2 Å². The number of carbonyl (C=O) groups is 2. The predicted molar refractivity (Wildman–Crippen MR) is 114 cm³/mol. The SMILES string of the molecule is O=C1[C@H]2[C@H]3[C@H](O)[C@H](O)C/C(=N\OCc4ccccc4)[C@H]3CC[C@H]2C(=O)N1C[C@@H]1CCCO1. The molecule has 1 aromatic rings. The van der Waals surface area contributed by atoms with Crippen molar-refractivity contribution in [1.82, 2.24) is 4.90 Å². The molecule has 2 saturated carbocycles. The van der Waals surface area contributed by atoms with Gasteiger partial charge in [-0.3, -0.25) is 14.5 Å². The molecule has 2 amide bonds. The molecule has 0 aromatic heterocycles. The molecule has 2 heterocycles. The van der Waals surface area contributed by atoms with Gasteiger partial charge in [-0.25, -0.2) is 0 Å². The summed E-state index contributed by atoms with van der Waals surface area (Å²) in [5, 5.41) is 25.7. The van der Waals surface area contributed by atoms with Gasteiger partial charge in [-0.2, -0.15) is 0 Å². The number of nitrogens with zero attached hydrogens (tertiary/aromatic N) is 2. The summed E-state index contributed by atoms with van der Waals surface area (Å²) in [6, 6.07) is 9.67. The van der Waals surface area contributed by atoms with Gasteiger partial charge in [0.25, 0.3) is 0 Å². The van der Waals surface area contributed by atoms with E-state index in [0.717, 1.165) is 18.4 Å². The lowest BCUT2D eigenvalue weighted by molar-refractivity contribution is -0.143. The third-order valence-electron chi connectivity index (χ3n) is 7.54. The van der Waals surface area contributed by atoms with Gasteiger partial charge in [0.15, 0.2) is 0 Å². The van der Waals surface area contributed by atoms with E-state index < -0.39 is 30.0 Å². The molecule has 2 aliphatic carbocycles. The first kappa shape index (κ1) is 21.6. The van der Waals surface area contributed by atoms with Crippen LogP contribution in [-0.4, -0.2) is 64.1 Å². The standard InChI is InChI=1S/C24H30N2O6/c27-19-11-18(25-32-13-14-5-2-1-3-6-14)16-8-9-17-21(20(16)22(19)28)24(30)26(23(17)29)12-15-7-4-10-31-15/h1-3,5-6,15-17,19-22,27-28H,4,7-13H2/b25-18+/t15-,16+,17+,19+,20-,21+,22+/m0/s1. The second kappa shape index (κ2) is 8.92. The van der Waals surface area contributed by atoms with E-state index in [9.17, 15) is 19.8 Å². The number of carbonyl (C=O) groups excluding carboxylic acids is 2. The molecule has 0 radical (unpaired) electrons. The van der Waals surface area contributed by atoms with Crippen molar-refractivity contribution in [3.8, 4) is 0 Å². The maximum absolute atomic E-state index is 13.3. The Morgan fingerprint density at radius 1 is 1.06 bits per heavy atom. The molecule has 8 nitrogen and oxygen atoms in total. The first-order valence-corrected chi connectivity index (χ1v) is 11.6. The van der Waals surface area contributed by atoms with E-state index in [2.05, 4.69) is 5.16 Å². The number of imide groups is 1. The Balaban J connectivity index is 1.35. The molecule has 7 atom stereocenters. The summed E-state index contributed by atoms with van der Waals surface area (Å²) in [5.41, 5.74) is 1.65. The Bertz CT molecular complexity index is 884. The molecule has 2 aliphatic heterocycles. The number of ether oxygens (including phenoxy) is 1. The summed E-state index contributed by atoms with van der Waals surface area (Å²) in [6.45, 7) is 1.24. The Kier molecular flexibility index (Phi) is 6.01. The third kappa shape index (κ3) is 3.84. The molecule has 172 valence electrons. The quantitative estimate of drug-likeness (QED) is 0.528. The van der Waals surface area contributed by atoms with Crippen LogP contribution in [0.25, 0.3) is 0 Å². The second-order valence-corrected chi connectivity index (χ2v) is 9.42. The highest BCUT2D eigenvalue weighted by atomic mass is 16.6. The molecule has 32 heavy (non-hydrogen) atoms. The Labute approximate surface area is 187 Å². The smallest absolute Gasteiger partial charge is 0.233 e. The van der Waals surface area contributed by atoms with Gasteiger partial charge in [0.1, 0.15) is 6.61 Å². The normalized spacial score (nSPS) is 38.1. The molecule has 0 bridgehead atoms. The summed E-state index contributed by atoms with van der Waals surface area (Å²) >= 11 is 0. The van der Waals surface area contributed by atoms with Crippen molar-refractivity contribution in [3.05, 3.63) is 35.9 Å². The largest absolute Gasteiger partial charge is 0.391 e. The van der Waals surface area contributed by atoms with Gasteiger partial charge in [0, 0.05) is 24.9 Å². The molecule has 0 unspecified atom stereocenters. The average Bonchev–Trinajstić information content (AvgIpc) is 3.40. The monoisotopic (exact) mass is 442 g/mol. The van der Waals surface area contributed by atoms with Crippen molar-refractivity contribution in [3.63, 3.8) is 0 Å². The van der Waals surface area contributed by atoms with Crippen molar-refractivity contribution in [1.29, 1.82) is 0 Å². The number of amides is 2. The predicted octanol–water partition coefficient (Wildman–Crippen LogP) is 1.49. The van der Waals surface area contributed by atoms with Crippen LogP contribution in [0, 0.1) is 23.7 Å². The summed E-state index contributed by atoms with van der Waals surface area (Å²) in [4.78, 5) is 33.3. The fourth-order valence-corrected chi connectivity index (χ4v) is 5.98. The maximum atomic E-state index is 13.3. The lowest BCUT2D eigenvalue weighted by Crippen LogP contribution is -2.54. The van der Waals surface area contributed by atoms with E-state index >= 15 is 0 Å². The lowest BCUT2D eigenvalue weighted by Gasteiger charge is -2.45. The van der Waals surface area contributed by atoms with Crippen molar-refractivity contribution in [2.24, 2.45) is 28.8 Å². The van der Waals surface area contributed by atoms with Crippen molar-refractivity contribution < 1.29 is 29.4 Å². The number of rotatable bonds is 5. The number of fused-ring (bicyclic) bond motifs is 3. The minimum absolute atomic E-state index is 0.107. The topological polar surface area (TPSA) is 109 Å². The van der Waals surface area contributed by atoms with Crippen molar-refractivity contribution >= 4 is 17.5 Å². The van der Waals surface area contributed by atoms with E-state index in [1.807, 2.05) is 30.3 Å². The van der Waals surface area contributed by atoms with Gasteiger partial charge in [0.2, 0.25) is 11.8 Å². The first-order chi connectivity index (χ1) is 15.5. The number of benzene rings is 1. The van der Waals surface area contributed by atoms with Gasteiger partial charge < -0.3 is 19.8 Å². The van der Waals surface area contributed by atoms with Crippen LogP contribution in [0.2, 0.25) is 0 Å². The van der Waals surface area contributed by atoms with E-state index in [-0.39, 0.29) is 36.8 Å². The molecule has 4 aliphatic rings. The first-order valence-electron chi connectivity index (χ1n) is 11.6. The van der Waals surface area contributed by atoms with Crippen LogP contribution in [0.5, 0.6) is 0 Å². The average molecular weight is 443 g/mol. The molecule has 2 N–H and O–H groups in total. The lowest BCUT2D eigenvalue weighted by atomic mass is 9.60. The molecule has 0 spiro atoms. The zero-order chi connectivity index (χ0) is 22.2. The fraction of sp³-hybridized carbons (Fsp3) is 0.625. The second-order valence-electron chi connectivity index (χ2n) is 9.42. The molecule has 8 heteroatoms. The molecular formula is C24H30N2O6. The summed E-state index contributed by atoms with van der Waals surface area (Å²) in [6.07, 6.45) is 0.973. The van der Waals surface area contributed by atoms with Crippen LogP contribution in [0.4, 0.5) is 0 Å². The fourth-order valence-electron chi connectivity index (χ4n) is 5.98. The highest BCUT2D eigenvalue weighted by molar-refractivity contribution is 6.06. The van der Waals surface area contributed by atoms with Crippen molar-refractivity contribution in [2.75, 3.05) is 13.2 Å². The summed E-state index contributed by atoms with van der Waals surface area (Å²) in [7, 11) is 0. The molecule has 5 rings (SSSR count). The van der Waals surface area contributed by atoms with Crippen LogP contribution >= 0.6 is 0 Å². The van der Waals surface area contributed by atoms with E-state index in [0.29, 0.717) is 31.8 Å². The summed E-state index contributed by atoms with van der Waals surface area (Å²) in [5.74, 6) is -2.22. The Hall–Kier alpha value is -2.29. The molecular weight excluding hydrogens is 412 g/mol. The number of hydrogen-bond donors (Lipinski definition) is 2. The third-order valence-corrected chi connectivity index (χ3v) is 7.54. The van der Waals surface area contributed by atoms with E-state index in [4.69, 9.17) is 9.57 Å². The zero-order valence-corrected chi connectivity index (χ0v) is 18.0. The highest BCUT2D eigenvalue weighted by Crippen LogP contribution is 2.49. The molecule has 1 aromatic carbocycles. The zero-order valence-electron chi connectivity index (χ0n) is 18.0. The van der Waals surface area contributed by atoms with Gasteiger partial charge in [0.05, 0.1) is 42.4 Å². The highest BCUT2D eigenvalue weighted by Gasteiger charge is 2.59. The van der Waals surface area contributed by atoms with Crippen LogP contribution in [0.1, 0.15) is 37.7 Å². The number of likely N-dealkylation sites (tertiary alicyclic amines) is 1. The number of oxime groups is 1. The van der Waals surface area contributed by atoms with Gasteiger partial charge >= 0.3 is 0 Å². The van der Waals surface area contributed by atoms with Gasteiger partial charge in [-0.1, -0.05) is 35.5 Å². The Morgan fingerprint density at radius 3 is 2.59 bits per heavy atom. The van der Waals surface area contributed by atoms with Crippen LogP contribution < -0.4 is 0 Å². The van der Waals surface area contributed by atoms with E-state index in [1.54, 1.807) is 0 Å². The number of aliphatic hydroxyl groups excluding tert-OH is 2. The maximum Gasteiger partial charge on any atom is 0.233 e. The molecule has 4 fully saturated rings. The minimum atomic E-state index is -1.07. The number of aliphatic hydroxyl groups is 2. The van der Waals surface area contributed by atoms with Gasteiger partial charge in [-0.15, -0.1) is 0 Å².